The molecule has 1 unspecified atom stereocenters. The molecule has 0 aliphatic rings. The van der Waals surface area contributed by atoms with E-state index in [-0.39, 0.29) is 11.8 Å². The number of nitriles is 1. The quantitative estimate of drug-likeness (QED) is 0.727. The van der Waals surface area contributed by atoms with E-state index in [4.69, 9.17) is 10.00 Å². The third kappa shape index (κ3) is 5.29. The van der Waals surface area contributed by atoms with Gasteiger partial charge in [0.1, 0.15) is 17.6 Å². The van der Waals surface area contributed by atoms with Crippen LogP contribution >= 0.6 is 0 Å². The molecule has 0 fully saturated rings. The molecule has 1 aromatic heterocycles. The second kappa shape index (κ2) is 9.16. The molecule has 0 saturated carbocycles. The van der Waals surface area contributed by atoms with Gasteiger partial charge in [0, 0.05) is 19.3 Å². The summed E-state index contributed by atoms with van der Waals surface area (Å²) in [4.78, 5) is 16.1. The fourth-order valence-corrected chi connectivity index (χ4v) is 1.99. The Kier molecular flexibility index (Phi) is 6.59. The van der Waals surface area contributed by atoms with Crippen LogP contribution in [0.2, 0.25) is 0 Å². The molecular weight excluding hydrogens is 304 g/mol. The summed E-state index contributed by atoms with van der Waals surface area (Å²) in [5.41, 5.74) is 0.480. The van der Waals surface area contributed by atoms with Crippen molar-refractivity contribution in [1.29, 1.82) is 5.26 Å². The summed E-state index contributed by atoms with van der Waals surface area (Å²) in [7, 11) is 0. The van der Waals surface area contributed by atoms with Crippen LogP contribution in [0, 0.1) is 17.2 Å². The molecule has 2 rings (SSSR count). The second-order valence-electron chi connectivity index (χ2n) is 5.25. The Labute approximate surface area is 141 Å². The number of ether oxygens (including phenoxy) is 1. The Balaban J connectivity index is 1.68. The fraction of sp³-hybridized carbons (Fsp3) is 0.278. The van der Waals surface area contributed by atoms with Crippen LogP contribution in [-0.2, 0) is 4.79 Å². The minimum absolute atomic E-state index is 0.0748. The summed E-state index contributed by atoms with van der Waals surface area (Å²) in [6.45, 7) is 3.07. The van der Waals surface area contributed by atoms with Crippen LogP contribution in [0.15, 0.2) is 48.7 Å². The zero-order valence-electron chi connectivity index (χ0n) is 13.5. The summed E-state index contributed by atoms with van der Waals surface area (Å²) in [5.74, 6) is 0.941. The molecule has 0 spiro atoms. The molecule has 1 atom stereocenters. The van der Waals surface area contributed by atoms with Crippen molar-refractivity contribution in [3.63, 3.8) is 0 Å². The predicted molar refractivity (Wildman–Crippen MR) is 91.6 cm³/mol. The van der Waals surface area contributed by atoms with Gasteiger partial charge >= 0.3 is 0 Å². The highest BCUT2D eigenvalue weighted by Gasteiger charge is 2.13. The number of hydrogen-bond donors (Lipinski definition) is 2. The Hall–Kier alpha value is -3.07. The van der Waals surface area contributed by atoms with Crippen LogP contribution in [-0.4, -0.2) is 30.6 Å². The summed E-state index contributed by atoms with van der Waals surface area (Å²) >= 11 is 0. The monoisotopic (exact) mass is 324 g/mol. The van der Waals surface area contributed by atoms with Crippen molar-refractivity contribution >= 4 is 11.7 Å². The van der Waals surface area contributed by atoms with Crippen LogP contribution in [0.25, 0.3) is 0 Å². The maximum atomic E-state index is 12.0. The molecule has 2 N–H and O–H groups in total. The lowest BCUT2D eigenvalue weighted by molar-refractivity contribution is -0.125. The first-order valence-electron chi connectivity index (χ1n) is 7.75. The Morgan fingerprint density at radius 1 is 1.25 bits per heavy atom. The van der Waals surface area contributed by atoms with Gasteiger partial charge in [-0.3, -0.25) is 4.79 Å². The van der Waals surface area contributed by atoms with E-state index < -0.39 is 0 Å². The standard InChI is InChI=1S/C18H20N4O2/c1-14(13-24-16-7-3-2-4-8-16)18(23)22-11-10-21-17-15(12-19)6-5-9-20-17/h2-9,14H,10-11,13H2,1H3,(H,20,21)(H,22,23). The van der Waals surface area contributed by atoms with Crippen molar-refractivity contribution in [2.24, 2.45) is 5.92 Å². The van der Waals surface area contributed by atoms with E-state index in [9.17, 15) is 4.79 Å². The second-order valence-corrected chi connectivity index (χ2v) is 5.25. The maximum Gasteiger partial charge on any atom is 0.226 e. The number of rotatable bonds is 8. The molecule has 0 bridgehead atoms. The highest BCUT2D eigenvalue weighted by molar-refractivity contribution is 5.78. The average Bonchev–Trinajstić information content (AvgIpc) is 2.64. The van der Waals surface area contributed by atoms with Crippen LogP contribution in [0.3, 0.4) is 0 Å². The molecule has 0 radical (unpaired) electrons. The highest BCUT2D eigenvalue weighted by Crippen LogP contribution is 2.10. The van der Waals surface area contributed by atoms with Gasteiger partial charge in [0.25, 0.3) is 0 Å². The van der Waals surface area contributed by atoms with E-state index >= 15 is 0 Å². The van der Waals surface area contributed by atoms with Crippen molar-refractivity contribution in [2.75, 3.05) is 25.0 Å². The minimum atomic E-state index is -0.255. The number of para-hydroxylation sites is 1. The number of carbonyl (C=O) groups is 1. The Bertz CT molecular complexity index is 698. The first kappa shape index (κ1) is 17.3. The molecule has 1 aromatic carbocycles. The van der Waals surface area contributed by atoms with Gasteiger partial charge in [-0.15, -0.1) is 0 Å². The van der Waals surface area contributed by atoms with Crippen molar-refractivity contribution in [3.05, 3.63) is 54.2 Å². The first-order valence-corrected chi connectivity index (χ1v) is 7.75. The molecule has 2 aromatic rings. The summed E-state index contributed by atoms with van der Waals surface area (Å²) in [6.07, 6.45) is 1.62. The number of nitrogens with one attached hydrogen (secondary N) is 2. The number of nitrogens with zero attached hydrogens (tertiary/aromatic N) is 2. The zero-order chi connectivity index (χ0) is 17.2. The van der Waals surface area contributed by atoms with E-state index in [1.807, 2.05) is 37.3 Å². The number of amides is 1. The topological polar surface area (TPSA) is 87.0 Å². The van der Waals surface area contributed by atoms with Gasteiger partial charge in [0.2, 0.25) is 5.91 Å². The van der Waals surface area contributed by atoms with Crippen LogP contribution in [0.5, 0.6) is 5.75 Å². The number of pyridine rings is 1. The third-order valence-corrected chi connectivity index (χ3v) is 3.34. The number of anilines is 1. The lowest BCUT2D eigenvalue weighted by atomic mass is 10.2. The van der Waals surface area contributed by atoms with E-state index in [0.29, 0.717) is 31.1 Å². The molecule has 124 valence electrons. The zero-order valence-corrected chi connectivity index (χ0v) is 13.5. The van der Waals surface area contributed by atoms with Gasteiger partial charge in [0.05, 0.1) is 18.1 Å². The molecule has 1 heterocycles. The van der Waals surface area contributed by atoms with E-state index in [2.05, 4.69) is 21.7 Å². The molecule has 1 amide bonds. The molecule has 0 saturated heterocycles. The van der Waals surface area contributed by atoms with Crippen molar-refractivity contribution < 1.29 is 9.53 Å². The van der Waals surface area contributed by atoms with Gasteiger partial charge < -0.3 is 15.4 Å². The van der Waals surface area contributed by atoms with Gasteiger partial charge in [-0.05, 0) is 24.3 Å². The fourth-order valence-electron chi connectivity index (χ4n) is 1.99. The number of carbonyl (C=O) groups excluding carboxylic acids is 1. The van der Waals surface area contributed by atoms with E-state index in [1.165, 1.54) is 0 Å². The number of hydrogen-bond acceptors (Lipinski definition) is 5. The Morgan fingerprint density at radius 3 is 2.79 bits per heavy atom. The normalized spacial score (nSPS) is 11.2. The van der Waals surface area contributed by atoms with Crippen LogP contribution in [0.1, 0.15) is 12.5 Å². The minimum Gasteiger partial charge on any atom is -0.493 e. The smallest absolute Gasteiger partial charge is 0.226 e. The highest BCUT2D eigenvalue weighted by atomic mass is 16.5. The number of benzene rings is 1. The first-order chi connectivity index (χ1) is 11.7. The van der Waals surface area contributed by atoms with Crippen molar-refractivity contribution in [2.45, 2.75) is 6.92 Å². The average molecular weight is 324 g/mol. The summed E-state index contributed by atoms with van der Waals surface area (Å²) in [5, 5.41) is 14.8. The molecule has 6 nitrogen and oxygen atoms in total. The SMILES string of the molecule is CC(COc1ccccc1)C(=O)NCCNc1ncccc1C#N. The molecular formula is C18H20N4O2. The lowest BCUT2D eigenvalue weighted by Gasteiger charge is -2.14. The molecule has 0 aliphatic carbocycles. The molecule has 0 aliphatic heterocycles. The van der Waals surface area contributed by atoms with E-state index in [0.717, 1.165) is 5.75 Å². The van der Waals surface area contributed by atoms with Gasteiger partial charge in [-0.1, -0.05) is 25.1 Å². The Morgan fingerprint density at radius 2 is 2.04 bits per heavy atom. The van der Waals surface area contributed by atoms with Gasteiger partial charge in [0.15, 0.2) is 0 Å². The van der Waals surface area contributed by atoms with Crippen molar-refractivity contribution in [1.82, 2.24) is 10.3 Å². The maximum absolute atomic E-state index is 12.0. The molecule has 24 heavy (non-hydrogen) atoms. The largest absolute Gasteiger partial charge is 0.493 e. The third-order valence-electron chi connectivity index (χ3n) is 3.34. The lowest BCUT2D eigenvalue weighted by Crippen LogP contribution is -2.35. The number of aromatic nitrogens is 1. The van der Waals surface area contributed by atoms with E-state index in [1.54, 1.807) is 18.3 Å². The summed E-state index contributed by atoms with van der Waals surface area (Å²) < 4.78 is 5.57. The van der Waals surface area contributed by atoms with Gasteiger partial charge in [-0.25, -0.2) is 4.98 Å². The summed E-state index contributed by atoms with van der Waals surface area (Å²) in [6, 6.07) is 14.9. The van der Waals surface area contributed by atoms with Crippen LogP contribution in [0.4, 0.5) is 5.82 Å². The molecule has 6 heteroatoms. The van der Waals surface area contributed by atoms with Crippen LogP contribution < -0.4 is 15.4 Å². The predicted octanol–water partition coefficient (Wildman–Crippen LogP) is 2.20. The van der Waals surface area contributed by atoms with Crippen molar-refractivity contribution in [3.8, 4) is 11.8 Å². The van der Waals surface area contributed by atoms with Gasteiger partial charge in [-0.2, -0.15) is 5.26 Å².